The third kappa shape index (κ3) is 8.00. The number of rotatable bonds is 11. The van der Waals surface area contributed by atoms with Crippen LogP contribution in [0.4, 0.5) is 0 Å². The molecule has 1 radical (unpaired) electrons. The van der Waals surface area contributed by atoms with Crippen molar-refractivity contribution >= 4 is 5.71 Å². The Morgan fingerprint density at radius 3 is 1.94 bits per heavy atom. The Morgan fingerprint density at radius 2 is 1.41 bits per heavy atom. The van der Waals surface area contributed by atoms with Gasteiger partial charge in [0.25, 0.3) is 0 Å². The van der Waals surface area contributed by atoms with Gasteiger partial charge in [-0.05, 0) is 18.9 Å². The molecule has 1 aliphatic heterocycles. The zero-order valence-electron chi connectivity index (χ0n) is 11.3. The van der Waals surface area contributed by atoms with E-state index < -0.39 is 0 Å². The van der Waals surface area contributed by atoms with E-state index >= 15 is 0 Å². The molecule has 0 spiro atoms. The highest BCUT2D eigenvalue weighted by atomic mass is 15.3. The summed E-state index contributed by atoms with van der Waals surface area (Å²) in [7, 11) is 0. The highest BCUT2D eigenvalue weighted by Gasteiger charge is 2.00. The Kier molecular flexibility index (Phi) is 8.71. The molecule has 0 fully saturated rings. The molecule has 2 nitrogen and oxygen atoms in total. The van der Waals surface area contributed by atoms with Gasteiger partial charge in [0.1, 0.15) is 0 Å². The average molecular weight is 235 g/mol. The fourth-order valence-electron chi connectivity index (χ4n) is 2.19. The molecule has 0 unspecified atom stereocenters. The summed E-state index contributed by atoms with van der Waals surface area (Å²) in [5, 5.41) is 4.04. The Balaban J connectivity index is 1.74. The third-order valence-corrected chi connectivity index (χ3v) is 3.31. The first-order chi connectivity index (χ1) is 8.43. The molecule has 1 rings (SSSR count). The minimum Gasteiger partial charge on any atom is -0.159 e. The molecular weight excluding hydrogens is 208 g/mol. The molecule has 0 N–H and O–H groups in total. The van der Waals surface area contributed by atoms with Crippen LogP contribution in [0, 0.1) is 0 Å². The molecule has 97 valence electrons. The van der Waals surface area contributed by atoms with Crippen LogP contribution in [0.2, 0.25) is 0 Å². The lowest BCUT2D eigenvalue weighted by Gasteiger charge is -2.01. The smallest absolute Gasteiger partial charge is 0.0646 e. The first-order valence-electron chi connectivity index (χ1n) is 7.36. The standard InChI is InChI=1S/C15H27N2/c1-2-3-4-5-6-7-8-9-10-11-12-15-13-14-16-17-15/h13-14H,2-12H2,1H3. The Hall–Kier alpha value is -0.790. The van der Waals surface area contributed by atoms with Gasteiger partial charge in [-0.3, -0.25) is 0 Å². The topological polar surface area (TPSA) is 26.5 Å². The summed E-state index contributed by atoms with van der Waals surface area (Å²) in [6, 6.07) is 0. The van der Waals surface area contributed by atoms with Crippen LogP contribution in [-0.2, 0) is 0 Å². The van der Waals surface area contributed by atoms with E-state index in [-0.39, 0.29) is 0 Å². The van der Waals surface area contributed by atoms with Gasteiger partial charge in [-0.25, -0.2) is 0 Å². The van der Waals surface area contributed by atoms with E-state index in [2.05, 4.69) is 17.5 Å². The molecule has 0 aliphatic carbocycles. The van der Waals surface area contributed by atoms with Crippen molar-refractivity contribution in [2.45, 2.75) is 77.6 Å². The quantitative estimate of drug-likeness (QED) is 0.461. The first kappa shape index (κ1) is 14.3. The lowest BCUT2D eigenvalue weighted by molar-refractivity contribution is 0.559. The Labute approximate surface area is 107 Å². The number of hydrogen-bond donors (Lipinski definition) is 0. The second-order valence-corrected chi connectivity index (χ2v) is 4.95. The lowest BCUT2D eigenvalue weighted by Crippen LogP contribution is -1.91. The normalized spacial score (nSPS) is 13.8. The van der Waals surface area contributed by atoms with Crippen molar-refractivity contribution in [1.82, 2.24) is 5.43 Å². The summed E-state index contributed by atoms with van der Waals surface area (Å²) in [5.74, 6) is 0. The van der Waals surface area contributed by atoms with Crippen LogP contribution >= 0.6 is 0 Å². The number of allylic oxidation sites excluding steroid dienone is 1. The van der Waals surface area contributed by atoms with E-state index in [1.807, 2.05) is 6.08 Å². The molecule has 1 heterocycles. The zero-order valence-corrected chi connectivity index (χ0v) is 11.3. The van der Waals surface area contributed by atoms with E-state index in [1.165, 1.54) is 64.2 Å². The average Bonchev–Trinajstić information content (AvgIpc) is 2.85. The van der Waals surface area contributed by atoms with Crippen molar-refractivity contribution in [3.63, 3.8) is 0 Å². The minimum atomic E-state index is 1.11. The fraction of sp³-hybridized carbons (Fsp3) is 0.800. The van der Waals surface area contributed by atoms with E-state index in [0.717, 1.165) is 12.1 Å². The number of nitrogens with zero attached hydrogens (tertiary/aromatic N) is 2. The number of unbranched alkanes of at least 4 members (excludes halogenated alkanes) is 9. The van der Waals surface area contributed by atoms with E-state index in [9.17, 15) is 0 Å². The highest BCUT2D eigenvalue weighted by Crippen LogP contribution is 2.12. The lowest BCUT2D eigenvalue weighted by atomic mass is 10.0. The first-order valence-corrected chi connectivity index (χ1v) is 7.36. The van der Waals surface area contributed by atoms with Crippen molar-refractivity contribution in [2.75, 3.05) is 0 Å². The van der Waals surface area contributed by atoms with Crippen LogP contribution in [0.15, 0.2) is 17.4 Å². The molecule has 0 saturated carbocycles. The molecular formula is C15H27N2. The van der Waals surface area contributed by atoms with Crippen LogP contribution in [0.5, 0.6) is 0 Å². The Bertz CT molecular complexity index is 231. The van der Waals surface area contributed by atoms with Crippen molar-refractivity contribution < 1.29 is 0 Å². The largest absolute Gasteiger partial charge is 0.159 e. The monoisotopic (exact) mass is 235 g/mol. The summed E-state index contributed by atoms with van der Waals surface area (Å²) in [6.45, 7) is 2.27. The van der Waals surface area contributed by atoms with Gasteiger partial charge in [0.15, 0.2) is 0 Å². The van der Waals surface area contributed by atoms with Crippen molar-refractivity contribution in [3.8, 4) is 0 Å². The molecule has 1 aliphatic rings. The number of hydrogen-bond acceptors (Lipinski definition) is 1. The van der Waals surface area contributed by atoms with Gasteiger partial charge < -0.3 is 0 Å². The van der Waals surface area contributed by atoms with Crippen LogP contribution in [-0.4, -0.2) is 5.71 Å². The Morgan fingerprint density at radius 1 is 0.824 bits per heavy atom. The SMILES string of the molecule is CCCCCCCCCCCCC1=N[N]C=C1. The molecule has 17 heavy (non-hydrogen) atoms. The summed E-state index contributed by atoms with van der Waals surface area (Å²) in [4.78, 5) is 0. The van der Waals surface area contributed by atoms with Crippen LogP contribution < -0.4 is 5.43 Å². The van der Waals surface area contributed by atoms with Gasteiger partial charge in [-0.1, -0.05) is 64.7 Å². The second kappa shape index (κ2) is 10.4. The van der Waals surface area contributed by atoms with Crippen LogP contribution in [0.25, 0.3) is 0 Å². The molecule has 0 atom stereocenters. The molecule has 0 bridgehead atoms. The van der Waals surface area contributed by atoms with Crippen LogP contribution in [0.1, 0.15) is 77.6 Å². The summed E-state index contributed by atoms with van der Waals surface area (Å²) in [6.07, 6.45) is 18.9. The summed E-state index contributed by atoms with van der Waals surface area (Å²) >= 11 is 0. The minimum absolute atomic E-state index is 1.11. The zero-order chi connectivity index (χ0) is 12.2. The molecule has 0 aromatic rings. The van der Waals surface area contributed by atoms with Gasteiger partial charge in [0.05, 0.1) is 11.9 Å². The second-order valence-electron chi connectivity index (χ2n) is 4.95. The van der Waals surface area contributed by atoms with Gasteiger partial charge >= 0.3 is 0 Å². The van der Waals surface area contributed by atoms with Crippen LogP contribution in [0.3, 0.4) is 0 Å². The maximum Gasteiger partial charge on any atom is 0.0646 e. The van der Waals surface area contributed by atoms with E-state index in [1.54, 1.807) is 6.20 Å². The highest BCUT2D eigenvalue weighted by molar-refractivity contribution is 5.95. The maximum absolute atomic E-state index is 4.04. The van der Waals surface area contributed by atoms with Crippen molar-refractivity contribution in [1.29, 1.82) is 0 Å². The molecule has 0 saturated heterocycles. The molecule has 0 amide bonds. The summed E-state index contributed by atoms with van der Waals surface area (Å²) in [5.41, 5.74) is 4.99. The van der Waals surface area contributed by atoms with E-state index in [4.69, 9.17) is 0 Å². The van der Waals surface area contributed by atoms with Gasteiger partial charge in [-0.2, -0.15) is 10.5 Å². The predicted octanol–water partition coefficient (Wildman–Crippen LogP) is 4.79. The van der Waals surface area contributed by atoms with E-state index in [0.29, 0.717) is 0 Å². The van der Waals surface area contributed by atoms with Gasteiger partial charge in [0, 0.05) is 0 Å². The summed E-state index contributed by atoms with van der Waals surface area (Å²) < 4.78 is 0. The molecule has 0 aromatic heterocycles. The van der Waals surface area contributed by atoms with Crippen molar-refractivity contribution in [2.24, 2.45) is 5.10 Å². The fourth-order valence-corrected chi connectivity index (χ4v) is 2.19. The molecule has 0 aromatic carbocycles. The molecule has 2 heteroatoms. The van der Waals surface area contributed by atoms with Gasteiger partial charge in [0.2, 0.25) is 0 Å². The predicted molar refractivity (Wildman–Crippen MR) is 75.2 cm³/mol. The van der Waals surface area contributed by atoms with Crippen molar-refractivity contribution in [3.05, 3.63) is 12.3 Å². The maximum atomic E-state index is 4.04. The third-order valence-electron chi connectivity index (χ3n) is 3.31. The van der Waals surface area contributed by atoms with Gasteiger partial charge in [-0.15, -0.1) is 0 Å².